The molecular formula is C12H23NO5S. The first-order valence-electron chi connectivity index (χ1n) is 6.50. The molecule has 1 rings (SSSR count). The van der Waals surface area contributed by atoms with Gasteiger partial charge in [0, 0.05) is 6.54 Å². The number of carboxylic acids is 1. The van der Waals surface area contributed by atoms with Gasteiger partial charge >= 0.3 is 5.97 Å². The molecule has 0 heterocycles. The Morgan fingerprint density at radius 3 is 2.32 bits per heavy atom. The third-order valence-electron chi connectivity index (χ3n) is 3.70. The summed E-state index contributed by atoms with van der Waals surface area (Å²) in [6, 6.07) is 0. The summed E-state index contributed by atoms with van der Waals surface area (Å²) in [6.07, 6.45) is 4.92. The minimum Gasteiger partial charge on any atom is -0.479 e. The van der Waals surface area contributed by atoms with Crippen LogP contribution in [0, 0.1) is 5.41 Å². The standard InChI is InChI=1S/C12H23NO5S/c1-11(6-4-3-5-7-11)9-19(17,18)13-8-12(2,16)10(14)15/h13,16H,3-9H2,1-2H3,(H,14,15). The van der Waals surface area contributed by atoms with Crippen LogP contribution in [0.5, 0.6) is 0 Å². The van der Waals surface area contributed by atoms with Crippen molar-refractivity contribution < 1.29 is 23.4 Å². The van der Waals surface area contributed by atoms with Crippen molar-refractivity contribution in [2.45, 2.75) is 51.6 Å². The first-order valence-corrected chi connectivity index (χ1v) is 8.15. The molecule has 0 radical (unpaired) electrons. The van der Waals surface area contributed by atoms with Crippen molar-refractivity contribution in [3.8, 4) is 0 Å². The number of nitrogens with one attached hydrogen (secondary N) is 1. The van der Waals surface area contributed by atoms with Gasteiger partial charge in [-0.05, 0) is 25.2 Å². The Morgan fingerprint density at radius 2 is 1.84 bits per heavy atom. The number of hydrogen-bond donors (Lipinski definition) is 3. The minimum atomic E-state index is -3.58. The van der Waals surface area contributed by atoms with E-state index in [1.165, 1.54) is 0 Å². The van der Waals surface area contributed by atoms with Crippen molar-refractivity contribution in [3.63, 3.8) is 0 Å². The van der Waals surface area contributed by atoms with Gasteiger partial charge in [-0.15, -0.1) is 0 Å². The molecule has 1 aliphatic rings. The summed E-state index contributed by atoms with van der Waals surface area (Å²) >= 11 is 0. The molecule has 19 heavy (non-hydrogen) atoms. The summed E-state index contributed by atoms with van der Waals surface area (Å²) < 4.78 is 26.1. The van der Waals surface area contributed by atoms with Crippen LogP contribution in [0.25, 0.3) is 0 Å². The van der Waals surface area contributed by atoms with Crippen LogP contribution in [0.15, 0.2) is 0 Å². The van der Waals surface area contributed by atoms with Gasteiger partial charge < -0.3 is 10.2 Å². The number of sulfonamides is 1. The first kappa shape index (κ1) is 16.4. The molecule has 112 valence electrons. The molecule has 1 saturated carbocycles. The number of aliphatic carboxylic acids is 1. The summed E-state index contributed by atoms with van der Waals surface area (Å²) in [5.74, 6) is -1.46. The van der Waals surface area contributed by atoms with Crippen molar-refractivity contribution in [2.75, 3.05) is 12.3 Å². The van der Waals surface area contributed by atoms with Crippen LogP contribution in [0.1, 0.15) is 46.0 Å². The molecule has 1 unspecified atom stereocenters. The summed E-state index contributed by atoms with van der Waals surface area (Å²) in [5, 5.41) is 18.2. The van der Waals surface area contributed by atoms with Crippen LogP contribution in [0.2, 0.25) is 0 Å². The van der Waals surface area contributed by atoms with E-state index in [4.69, 9.17) is 5.11 Å². The van der Waals surface area contributed by atoms with Crippen molar-refractivity contribution in [1.82, 2.24) is 4.72 Å². The molecule has 0 bridgehead atoms. The number of carbonyl (C=O) groups is 1. The fraction of sp³-hybridized carbons (Fsp3) is 0.917. The summed E-state index contributed by atoms with van der Waals surface area (Å²) in [5.41, 5.74) is -2.33. The monoisotopic (exact) mass is 293 g/mol. The lowest BCUT2D eigenvalue weighted by molar-refractivity contribution is -0.155. The number of hydrogen-bond acceptors (Lipinski definition) is 4. The second-order valence-electron chi connectivity index (χ2n) is 6.03. The average Bonchev–Trinajstić information content (AvgIpc) is 2.26. The van der Waals surface area contributed by atoms with E-state index in [0.717, 1.165) is 39.0 Å². The SMILES string of the molecule is CC1(CS(=O)(=O)NCC(C)(O)C(=O)O)CCCCC1. The molecule has 0 aliphatic heterocycles. The van der Waals surface area contributed by atoms with Gasteiger partial charge in [-0.25, -0.2) is 17.9 Å². The van der Waals surface area contributed by atoms with Crippen molar-refractivity contribution in [3.05, 3.63) is 0 Å². The van der Waals surface area contributed by atoms with E-state index in [0.29, 0.717) is 0 Å². The van der Waals surface area contributed by atoms with Crippen LogP contribution < -0.4 is 4.72 Å². The van der Waals surface area contributed by atoms with E-state index in [-0.39, 0.29) is 11.2 Å². The lowest BCUT2D eigenvalue weighted by atomic mass is 9.77. The Hall–Kier alpha value is -0.660. The second kappa shape index (κ2) is 5.76. The molecule has 0 amide bonds. The Kier molecular flexibility index (Phi) is 4.97. The van der Waals surface area contributed by atoms with Gasteiger partial charge in [0.1, 0.15) is 0 Å². The first-order chi connectivity index (χ1) is 8.56. The third-order valence-corrected chi connectivity index (χ3v) is 5.36. The zero-order valence-corrected chi connectivity index (χ0v) is 12.3. The highest BCUT2D eigenvalue weighted by Crippen LogP contribution is 2.36. The normalized spacial score (nSPS) is 22.7. The van der Waals surface area contributed by atoms with E-state index in [1.807, 2.05) is 6.92 Å². The number of carboxylic acid groups (broad SMARTS) is 1. The predicted octanol–water partition coefficient (Wildman–Crippen LogP) is 0.712. The van der Waals surface area contributed by atoms with E-state index < -0.39 is 28.1 Å². The molecule has 6 nitrogen and oxygen atoms in total. The Labute approximate surface area is 114 Å². The van der Waals surface area contributed by atoms with Crippen LogP contribution >= 0.6 is 0 Å². The Morgan fingerprint density at radius 1 is 1.32 bits per heavy atom. The number of rotatable bonds is 6. The maximum atomic E-state index is 12.0. The van der Waals surface area contributed by atoms with E-state index in [9.17, 15) is 18.3 Å². The largest absolute Gasteiger partial charge is 0.479 e. The van der Waals surface area contributed by atoms with Gasteiger partial charge in [-0.1, -0.05) is 26.2 Å². The van der Waals surface area contributed by atoms with Crippen LogP contribution in [-0.2, 0) is 14.8 Å². The van der Waals surface area contributed by atoms with E-state index in [1.54, 1.807) is 0 Å². The Bertz CT molecular complexity index is 423. The summed E-state index contributed by atoms with van der Waals surface area (Å²) in [7, 11) is -3.58. The smallest absolute Gasteiger partial charge is 0.336 e. The van der Waals surface area contributed by atoms with Gasteiger partial charge in [0.15, 0.2) is 5.60 Å². The molecule has 0 aromatic heterocycles. The lowest BCUT2D eigenvalue weighted by Crippen LogP contribution is -2.48. The summed E-state index contributed by atoms with van der Waals surface area (Å²) in [4.78, 5) is 10.7. The maximum absolute atomic E-state index is 12.0. The molecule has 0 aromatic carbocycles. The zero-order chi connectivity index (χ0) is 14.7. The van der Waals surface area contributed by atoms with Crippen molar-refractivity contribution in [2.24, 2.45) is 5.41 Å². The van der Waals surface area contributed by atoms with Gasteiger partial charge in [-0.3, -0.25) is 0 Å². The zero-order valence-electron chi connectivity index (χ0n) is 11.5. The maximum Gasteiger partial charge on any atom is 0.336 e. The van der Waals surface area contributed by atoms with Gasteiger partial charge in [0.2, 0.25) is 10.0 Å². The van der Waals surface area contributed by atoms with Crippen molar-refractivity contribution in [1.29, 1.82) is 0 Å². The molecule has 1 fully saturated rings. The van der Waals surface area contributed by atoms with Crippen molar-refractivity contribution >= 4 is 16.0 Å². The molecular weight excluding hydrogens is 270 g/mol. The van der Waals surface area contributed by atoms with Crippen LogP contribution in [0.3, 0.4) is 0 Å². The highest BCUT2D eigenvalue weighted by atomic mass is 32.2. The molecule has 1 aliphatic carbocycles. The predicted molar refractivity (Wildman–Crippen MR) is 71.2 cm³/mol. The number of aliphatic hydroxyl groups is 1. The molecule has 3 N–H and O–H groups in total. The minimum absolute atomic E-state index is 0.0182. The molecule has 0 saturated heterocycles. The van der Waals surface area contributed by atoms with Crippen LogP contribution in [0.4, 0.5) is 0 Å². The van der Waals surface area contributed by atoms with Crippen LogP contribution in [-0.4, -0.2) is 42.5 Å². The molecule has 0 aromatic rings. The molecule has 7 heteroatoms. The van der Waals surface area contributed by atoms with E-state index >= 15 is 0 Å². The quantitative estimate of drug-likeness (QED) is 0.669. The van der Waals surface area contributed by atoms with Gasteiger partial charge in [0.25, 0.3) is 0 Å². The van der Waals surface area contributed by atoms with E-state index in [2.05, 4.69) is 4.72 Å². The highest BCUT2D eigenvalue weighted by Gasteiger charge is 2.35. The molecule has 1 atom stereocenters. The average molecular weight is 293 g/mol. The fourth-order valence-corrected chi connectivity index (χ4v) is 4.19. The second-order valence-corrected chi connectivity index (χ2v) is 7.84. The van der Waals surface area contributed by atoms with Gasteiger partial charge in [0.05, 0.1) is 5.75 Å². The Balaban J connectivity index is 2.59. The lowest BCUT2D eigenvalue weighted by Gasteiger charge is -2.33. The topological polar surface area (TPSA) is 104 Å². The van der Waals surface area contributed by atoms with Gasteiger partial charge in [-0.2, -0.15) is 0 Å². The fourth-order valence-electron chi connectivity index (χ4n) is 2.39. The highest BCUT2D eigenvalue weighted by molar-refractivity contribution is 7.89. The third kappa shape index (κ3) is 5.08. The summed E-state index contributed by atoms with van der Waals surface area (Å²) in [6.45, 7) is 2.50. The molecule has 0 spiro atoms.